The van der Waals surface area contributed by atoms with E-state index in [4.69, 9.17) is 28.4 Å². The van der Waals surface area contributed by atoms with Crippen LogP contribution in [0, 0.1) is 17.8 Å². The first-order valence-corrected chi connectivity index (χ1v) is 34.0. The minimum absolute atomic E-state index is 0.0167. The molecule has 1 amide bonds. The third-order valence-electron chi connectivity index (χ3n) is 17.4. The molecule has 0 radical (unpaired) electrons. The Morgan fingerprint density at radius 1 is 0.830 bits per heavy atom. The summed E-state index contributed by atoms with van der Waals surface area (Å²) in [6.07, 6.45) is -7.37. The van der Waals surface area contributed by atoms with E-state index >= 15 is 0 Å². The van der Waals surface area contributed by atoms with Crippen LogP contribution in [0.2, 0.25) is 0 Å². The number of aryl methyl sites for hydroxylation is 1. The van der Waals surface area contributed by atoms with E-state index < -0.39 is 120 Å². The van der Waals surface area contributed by atoms with E-state index in [1.54, 1.807) is 75.9 Å². The Balaban J connectivity index is 0.00000190. The molecule has 1 unspecified atom stereocenters. The number of ether oxygens (including phenoxy) is 6. The fraction of sp³-hybridized carbons (Fsp3) is 0.672. The molecule has 0 spiro atoms. The number of rotatable bonds is 16. The van der Waals surface area contributed by atoms with E-state index in [1.807, 2.05) is 81.4 Å². The maximum absolute atomic E-state index is 14.7. The van der Waals surface area contributed by atoms with Crippen molar-refractivity contribution in [2.75, 3.05) is 27.7 Å². The summed E-state index contributed by atoms with van der Waals surface area (Å²) in [5, 5.41) is 61.1. The van der Waals surface area contributed by atoms with Crippen molar-refractivity contribution in [3.05, 3.63) is 72.3 Å². The van der Waals surface area contributed by atoms with Gasteiger partial charge in [-0.3, -0.25) is 14.1 Å². The van der Waals surface area contributed by atoms with Crippen LogP contribution in [0.5, 0.6) is 0 Å². The zero-order valence-electron chi connectivity index (χ0n) is 52.6. The number of benzene rings is 3. The molecule has 3 aliphatic rings. The van der Waals surface area contributed by atoms with Gasteiger partial charge >= 0.3 is 39.0 Å². The third-order valence-corrected chi connectivity index (χ3v) is 18.9. The first-order valence-electron chi connectivity index (χ1n) is 29.8. The van der Waals surface area contributed by atoms with Crippen molar-refractivity contribution in [2.45, 2.75) is 222 Å². The molecular weight excluding hydrogens is 1220 g/mol. The van der Waals surface area contributed by atoms with Gasteiger partial charge in [0.1, 0.15) is 34.9 Å². The number of carbonyl (C=O) groups is 2. The van der Waals surface area contributed by atoms with E-state index in [1.165, 1.54) is 18.9 Å². The molecule has 3 saturated heterocycles. The van der Waals surface area contributed by atoms with Gasteiger partial charge in [0.25, 0.3) is 10.1 Å². The Morgan fingerprint density at radius 2 is 1.43 bits per heavy atom. The fourth-order valence-electron chi connectivity index (χ4n) is 12.7. The van der Waals surface area contributed by atoms with Crippen molar-refractivity contribution in [3.8, 4) is 22.3 Å². The summed E-state index contributed by atoms with van der Waals surface area (Å²) in [5.41, 5.74) is -1.77. The number of aliphatic hydroxyl groups excluding tert-OH is 3. The number of unbranched alkanes of at least 4 members (excludes halogenated alkanes) is 2. The van der Waals surface area contributed by atoms with Gasteiger partial charge in [0.2, 0.25) is 5.91 Å². The van der Waals surface area contributed by atoms with Crippen LogP contribution >= 0.6 is 17.0 Å². The molecule has 502 valence electrons. The summed E-state index contributed by atoms with van der Waals surface area (Å²) >= 11 is 0. The molecule has 27 heteroatoms. The molecule has 0 aliphatic carbocycles. The van der Waals surface area contributed by atoms with Gasteiger partial charge in [-0.25, -0.2) is 0 Å². The normalized spacial score (nSPS) is 35.0. The molecular formula is C61H94F6N2O16P2S. The van der Waals surface area contributed by atoms with Crippen LogP contribution in [-0.4, -0.2) is 178 Å². The topological polar surface area (TPSA) is 252 Å². The van der Waals surface area contributed by atoms with Gasteiger partial charge in [-0.1, -0.05) is 81.8 Å². The van der Waals surface area contributed by atoms with Crippen molar-refractivity contribution >= 4 is 44.3 Å². The number of aliphatic hydroxyl groups is 5. The molecule has 3 aromatic carbocycles. The summed E-state index contributed by atoms with van der Waals surface area (Å²) in [4.78, 5) is 32.6. The summed E-state index contributed by atoms with van der Waals surface area (Å²) in [6.45, 7) is 17.0. The molecule has 88 heavy (non-hydrogen) atoms. The molecule has 6 rings (SSSR count). The molecule has 3 fully saturated rings. The molecule has 0 saturated carbocycles. The van der Waals surface area contributed by atoms with E-state index in [0.717, 1.165) is 17.3 Å². The fourth-order valence-corrected chi connectivity index (χ4v) is 14.3. The van der Waals surface area contributed by atoms with Gasteiger partial charge in [0, 0.05) is 58.8 Å². The van der Waals surface area contributed by atoms with Crippen LogP contribution < -0.4 is 5.30 Å². The number of amides is 1. The maximum atomic E-state index is 14.7. The molecule has 0 bridgehead atoms. The standard InChI is InChI=1S/C61H93N2O16PS.F6P/c1-14-47-61(10,70)54(66)39(6)63(48(64)24-20-15-17-21-41-25-27-43(28-26-41)50-46(80)30-29-44(53(50)81(71,72)73)42-22-18-16-19-23-42)34-35(2)32-59(8,69)56(79-58-51(65)45(62(11)12)31-36(3)75-58)37(4)52(38(5)57(68)77-47)78-49-33-60(9,74-13)55(67)40(7)76-49;1-7(2,3,4,5)6/h16,18-19,22-23,25-30,35-40,45,47,49,51-52,54-56,58,65-67,69-70H,14-15,17,20-21,24,31-34,80H2,1-13H3,(H,71,72,73);/q;-1/p+1/t35-,36-,37+,38-,39-,40+,45+,47-,49+,51-,52+,54-,55+,56-,58+,59-,60-,61-;/m1./s1. The Bertz CT molecular complexity index is 2910. The summed E-state index contributed by atoms with van der Waals surface area (Å²) in [5.74, 6) is -3.55. The molecule has 3 aromatic rings. The third kappa shape index (κ3) is 20.3. The zero-order valence-corrected chi connectivity index (χ0v) is 55.7. The molecule has 3 aliphatic heterocycles. The zero-order chi connectivity index (χ0) is 66.5. The first kappa shape index (κ1) is 75.2. The quantitative estimate of drug-likeness (QED) is 0.0257. The second-order valence-corrected chi connectivity index (χ2v) is 29.3. The molecule has 18 nitrogen and oxygen atoms in total. The van der Waals surface area contributed by atoms with Crippen molar-refractivity contribution in [1.82, 2.24) is 9.80 Å². The van der Waals surface area contributed by atoms with Crippen molar-refractivity contribution in [2.24, 2.45) is 17.8 Å². The van der Waals surface area contributed by atoms with Gasteiger partial charge < -0.3 is 63.8 Å². The van der Waals surface area contributed by atoms with Gasteiger partial charge in [-0.05, 0) is 136 Å². The van der Waals surface area contributed by atoms with Crippen LogP contribution in [0.25, 0.3) is 22.3 Å². The van der Waals surface area contributed by atoms with Crippen LogP contribution in [-0.2, 0) is 54.5 Å². The number of carbonyl (C=O) groups excluding carboxylic acids is 2. The van der Waals surface area contributed by atoms with Crippen LogP contribution in [0.4, 0.5) is 25.2 Å². The van der Waals surface area contributed by atoms with Crippen LogP contribution in [0.3, 0.4) is 0 Å². The summed E-state index contributed by atoms with van der Waals surface area (Å²) in [6, 6.07) is 18.8. The average Bonchev–Trinajstić information content (AvgIpc) is 0.919. The number of cyclic esters (lactones) is 1. The minimum atomic E-state index is -10.7. The average molecular weight is 1320 g/mol. The Morgan fingerprint density at radius 3 is 1.99 bits per heavy atom. The number of esters is 1. The number of hydrogen-bond acceptors (Lipinski definition) is 16. The van der Waals surface area contributed by atoms with Crippen molar-refractivity contribution in [1.29, 1.82) is 0 Å². The Hall–Kier alpha value is -3.49. The summed E-state index contributed by atoms with van der Waals surface area (Å²) in [7, 11) is -8.52. The van der Waals surface area contributed by atoms with Gasteiger partial charge in [-0.2, -0.15) is 8.42 Å². The SMILES string of the molecule is CC[C@H]1OC(=O)[C@H](C)[C@@H](O[C@H]2C[C@@](C)(OC)[C@@H](O)[C@H](C)O2)[C@H](C)[C@@H](O[C@@H]2O[C@H](C)C[C@H](N(C)C)[C@H]2O)[C@](C)(O)C[C@@H](C)CN(C(=O)CCCCCc2ccc(-c3c([PH3+])ccc(-c4ccccc4)c3S(=O)(=O)O)cc2)[C@H](C)[C@@H](O)[C@]1(C)O.F[P-](F)(F)(F)(F)F. The first-order chi connectivity index (χ1) is 40.3. The van der Waals surface area contributed by atoms with Gasteiger partial charge in [0.05, 0.1) is 52.9 Å². The molecule has 6 N–H and O–H groups in total. The number of likely N-dealkylation sites (N-methyl/N-ethyl adjacent to an activating group) is 1. The van der Waals surface area contributed by atoms with Crippen LogP contribution in [0.1, 0.15) is 126 Å². The van der Waals surface area contributed by atoms with E-state index in [-0.39, 0.29) is 55.2 Å². The van der Waals surface area contributed by atoms with Crippen LogP contribution in [0.15, 0.2) is 71.6 Å². The second kappa shape index (κ2) is 28.8. The van der Waals surface area contributed by atoms with E-state index in [2.05, 4.69) is 0 Å². The van der Waals surface area contributed by atoms with E-state index in [9.17, 15) is 73.3 Å². The van der Waals surface area contributed by atoms with Crippen molar-refractivity contribution < 1.29 is 102 Å². The van der Waals surface area contributed by atoms with Gasteiger partial charge in [0.15, 0.2) is 12.6 Å². The molecule has 19 atom stereocenters. The predicted molar refractivity (Wildman–Crippen MR) is 327 cm³/mol. The Kier molecular flexibility index (Phi) is 24.6. The number of methoxy groups -OCH3 is 1. The van der Waals surface area contributed by atoms with E-state index in [0.29, 0.717) is 47.9 Å². The Labute approximate surface area is 516 Å². The number of halogens is 6. The molecule has 0 aromatic heterocycles. The number of nitrogens with zero attached hydrogens (tertiary/aromatic N) is 2. The monoisotopic (exact) mass is 1320 g/mol. The second-order valence-electron chi connectivity index (χ2n) is 25.3. The van der Waals surface area contributed by atoms with Crippen molar-refractivity contribution in [3.63, 3.8) is 0 Å². The molecule has 3 heterocycles. The predicted octanol–water partition coefficient (Wildman–Crippen LogP) is 9.80. The number of hydrogen-bond donors (Lipinski definition) is 6. The summed E-state index contributed by atoms with van der Waals surface area (Å²) < 4.78 is 134. The van der Waals surface area contributed by atoms with Gasteiger partial charge in [-0.15, -0.1) is 0 Å².